The summed E-state index contributed by atoms with van der Waals surface area (Å²) in [7, 11) is 0. The molecule has 0 spiro atoms. The van der Waals surface area contributed by atoms with E-state index in [0.717, 1.165) is 11.6 Å². The number of rotatable bonds is 9. The zero-order valence-corrected chi connectivity index (χ0v) is 14.8. The van der Waals surface area contributed by atoms with Crippen molar-refractivity contribution in [3.63, 3.8) is 0 Å². The van der Waals surface area contributed by atoms with Crippen molar-refractivity contribution in [3.8, 4) is 5.75 Å². The van der Waals surface area contributed by atoms with Crippen LogP contribution in [-0.4, -0.2) is 36.9 Å². The maximum Gasteiger partial charge on any atom is 0.344 e. The first-order valence-electron chi connectivity index (χ1n) is 8.32. The normalized spacial score (nSPS) is 11.3. The van der Waals surface area contributed by atoms with Gasteiger partial charge in [-0.1, -0.05) is 36.4 Å². The molecule has 0 saturated heterocycles. The Morgan fingerprint density at radius 2 is 1.78 bits per heavy atom. The van der Waals surface area contributed by atoms with Crippen LogP contribution < -0.4 is 10.1 Å². The van der Waals surface area contributed by atoms with Gasteiger partial charge in [0, 0.05) is 6.07 Å². The van der Waals surface area contributed by atoms with Gasteiger partial charge >= 0.3 is 5.97 Å². The van der Waals surface area contributed by atoms with E-state index in [1.165, 1.54) is 25.1 Å². The lowest BCUT2D eigenvalue weighted by molar-refractivity contribution is -0.150. The Labute approximate surface area is 156 Å². The second-order valence-corrected chi connectivity index (χ2v) is 5.83. The van der Waals surface area contributed by atoms with E-state index >= 15 is 0 Å². The number of nitrogens with one attached hydrogen (secondary N) is 1. The van der Waals surface area contributed by atoms with Crippen LogP contribution in [0.4, 0.5) is 4.39 Å². The highest BCUT2D eigenvalue weighted by Crippen LogP contribution is 2.11. The maximum atomic E-state index is 13.0. The Morgan fingerprint density at radius 1 is 1.04 bits per heavy atom. The molecule has 1 N–H and O–H groups in total. The quantitative estimate of drug-likeness (QED) is 0.681. The summed E-state index contributed by atoms with van der Waals surface area (Å²) in [6.07, 6.45) is 0.346. The molecular weight excluding hydrogens is 353 g/mol. The zero-order valence-electron chi connectivity index (χ0n) is 14.8. The third-order valence-electron chi connectivity index (χ3n) is 3.63. The lowest BCUT2D eigenvalue weighted by atomic mass is 10.0. The monoisotopic (exact) mass is 373 g/mol. The molecular formula is C20H20FNO5. The number of carbonyl (C=O) groups is 3. The van der Waals surface area contributed by atoms with E-state index in [-0.39, 0.29) is 11.5 Å². The molecule has 27 heavy (non-hydrogen) atoms. The van der Waals surface area contributed by atoms with Crippen LogP contribution in [0.3, 0.4) is 0 Å². The number of esters is 1. The molecule has 0 heterocycles. The van der Waals surface area contributed by atoms with Gasteiger partial charge in [0.25, 0.3) is 5.91 Å². The van der Waals surface area contributed by atoms with Crippen molar-refractivity contribution in [1.29, 1.82) is 0 Å². The van der Waals surface area contributed by atoms with Crippen LogP contribution in [-0.2, 0) is 25.5 Å². The zero-order chi connectivity index (χ0) is 19.6. The molecule has 6 nitrogen and oxygen atoms in total. The molecule has 0 fully saturated rings. The van der Waals surface area contributed by atoms with Gasteiger partial charge in [-0.05, 0) is 31.0 Å². The van der Waals surface area contributed by atoms with Crippen molar-refractivity contribution in [1.82, 2.24) is 5.32 Å². The molecule has 2 rings (SSSR count). The minimum absolute atomic E-state index is 0.177. The highest BCUT2D eigenvalue weighted by Gasteiger charge is 2.18. The highest BCUT2D eigenvalue weighted by atomic mass is 19.1. The Balaban J connectivity index is 1.76. The molecule has 142 valence electrons. The predicted molar refractivity (Wildman–Crippen MR) is 95.6 cm³/mol. The lowest BCUT2D eigenvalue weighted by Crippen LogP contribution is -2.43. The second kappa shape index (κ2) is 10.1. The molecule has 2 aromatic rings. The molecule has 0 saturated carbocycles. The SMILES string of the molecule is CC(=O)[C@H](Cc1ccccc1)NC(=O)COC(=O)COc1cccc(F)c1. The fourth-order valence-corrected chi connectivity index (χ4v) is 2.27. The van der Waals surface area contributed by atoms with Gasteiger partial charge in [-0.2, -0.15) is 0 Å². The Hall–Kier alpha value is -3.22. The number of hydrogen-bond donors (Lipinski definition) is 1. The molecule has 7 heteroatoms. The summed E-state index contributed by atoms with van der Waals surface area (Å²) in [6.45, 7) is 0.382. The maximum absolute atomic E-state index is 13.0. The number of amides is 1. The molecule has 0 aromatic heterocycles. The van der Waals surface area contributed by atoms with Crippen molar-refractivity contribution >= 4 is 17.7 Å². The number of ketones is 1. The van der Waals surface area contributed by atoms with Gasteiger partial charge in [0.2, 0.25) is 0 Å². The number of Topliss-reactive ketones (excluding diaryl/α,β-unsaturated/α-hetero) is 1. The average molecular weight is 373 g/mol. The van der Waals surface area contributed by atoms with Gasteiger partial charge in [-0.3, -0.25) is 9.59 Å². The Morgan fingerprint density at radius 3 is 2.44 bits per heavy atom. The van der Waals surface area contributed by atoms with Crippen LogP contribution in [0.15, 0.2) is 54.6 Å². The molecule has 1 amide bonds. The Bertz CT molecular complexity index is 794. The van der Waals surface area contributed by atoms with Gasteiger partial charge in [0.05, 0.1) is 6.04 Å². The van der Waals surface area contributed by atoms with Crippen molar-refractivity contribution in [2.45, 2.75) is 19.4 Å². The average Bonchev–Trinajstić information content (AvgIpc) is 2.65. The van der Waals surface area contributed by atoms with Crippen LogP contribution >= 0.6 is 0 Å². The summed E-state index contributed by atoms with van der Waals surface area (Å²) in [5, 5.41) is 2.55. The fraction of sp³-hybridized carbons (Fsp3) is 0.250. The summed E-state index contributed by atoms with van der Waals surface area (Å²) in [5.74, 6) is -1.89. The van der Waals surface area contributed by atoms with E-state index in [4.69, 9.17) is 9.47 Å². The topological polar surface area (TPSA) is 81.7 Å². The van der Waals surface area contributed by atoms with Gasteiger partial charge in [0.1, 0.15) is 11.6 Å². The largest absolute Gasteiger partial charge is 0.482 e. The van der Waals surface area contributed by atoms with Crippen molar-refractivity contribution in [2.75, 3.05) is 13.2 Å². The van der Waals surface area contributed by atoms with Crippen LogP contribution in [0.25, 0.3) is 0 Å². The lowest BCUT2D eigenvalue weighted by Gasteiger charge is -2.16. The van der Waals surface area contributed by atoms with E-state index in [1.807, 2.05) is 30.3 Å². The first-order chi connectivity index (χ1) is 12.9. The second-order valence-electron chi connectivity index (χ2n) is 5.83. The van der Waals surface area contributed by atoms with Gasteiger partial charge in [0.15, 0.2) is 19.0 Å². The van der Waals surface area contributed by atoms with Gasteiger partial charge in [-0.15, -0.1) is 0 Å². The van der Waals surface area contributed by atoms with E-state index in [0.29, 0.717) is 6.42 Å². The van der Waals surface area contributed by atoms with Crippen LogP contribution in [0, 0.1) is 5.82 Å². The molecule has 0 aliphatic carbocycles. The van der Waals surface area contributed by atoms with E-state index in [2.05, 4.69) is 5.32 Å². The van der Waals surface area contributed by atoms with Crippen LogP contribution in [0.5, 0.6) is 5.75 Å². The highest BCUT2D eigenvalue weighted by molar-refractivity contribution is 5.88. The smallest absolute Gasteiger partial charge is 0.344 e. The molecule has 0 unspecified atom stereocenters. The van der Waals surface area contributed by atoms with Crippen LogP contribution in [0.1, 0.15) is 12.5 Å². The van der Waals surface area contributed by atoms with E-state index in [9.17, 15) is 18.8 Å². The van der Waals surface area contributed by atoms with Crippen LogP contribution in [0.2, 0.25) is 0 Å². The van der Waals surface area contributed by atoms with Gasteiger partial charge in [-0.25, -0.2) is 9.18 Å². The number of benzene rings is 2. The number of hydrogen-bond acceptors (Lipinski definition) is 5. The minimum Gasteiger partial charge on any atom is -0.482 e. The summed E-state index contributed by atoms with van der Waals surface area (Å²) in [6, 6.07) is 13.8. The summed E-state index contributed by atoms with van der Waals surface area (Å²) < 4.78 is 22.9. The third kappa shape index (κ3) is 7.27. The van der Waals surface area contributed by atoms with E-state index in [1.54, 1.807) is 0 Å². The predicted octanol–water partition coefficient (Wildman–Crippen LogP) is 2.06. The molecule has 1 atom stereocenters. The van der Waals surface area contributed by atoms with Crippen molar-refractivity contribution in [3.05, 3.63) is 66.0 Å². The van der Waals surface area contributed by atoms with Crippen molar-refractivity contribution < 1.29 is 28.2 Å². The number of ether oxygens (including phenoxy) is 2. The Kier molecular flexibility index (Phi) is 7.49. The number of halogens is 1. The number of carbonyl (C=O) groups excluding carboxylic acids is 3. The fourth-order valence-electron chi connectivity index (χ4n) is 2.27. The molecule has 0 radical (unpaired) electrons. The summed E-state index contributed by atoms with van der Waals surface area (Å²) >= 11 is 0. The molecule has 2 aromatic carbocycles. The van der Waals surface area contributed by atoms with Gasteiger partial charge < -0.3 is 14.8 Å². The summed E-state index contributed by atoms with van der Waals surface area (Å²) in [4.78, 5) is 35.3. The molecule has 0 aliphatic rings. The molecule has 0 bridgehead atoms. The van der Waals surface area contributed by atoms with E-state index < -0.39 is 36.9 Å². The first-order valence-corrected chi connectivity index (χ1v) is 8.32. The molecule has 0 aliphatic heterocycles. The summed E-state index contributed by atoms with van der Waals surface area (Å²) in [5.41, 5.74) is 0.901. The van der Waals surface area contributed by atoms with Crippen molar-refractivity contribution in [2.24, 2.45) is 0 Å². The standard InChI is InChI=1S/C20H20FNO5/c1-14(23)18(10-15-6-3-2-4-7-15)22-19(24)12-27-20(25)13-26-17-9-5-8-16(21)11-17/h2-9,11,18H,10,12-13H2,1H3,(H,22,24)/t18-/m0/s1. The third-order valence-corrected chi connectivity index (χ3v) is 3.63. The minimum atomic E-state index is -0.781. The first kappa shape index (κ1) is 20.1.